The lowest BCUT2D eigenvalue weighted by molar-refractivity contribution is 0.0411. The molecular weight excluding hydrogens is 351 g/mol. The zero-order valence-corrected chi connectivity index (χ0v) is 15.6. The van der Waals surface area contributed by atoms with Gasteiger partial charge in [-0.25, -0.2) is 9.18 Å². The molecule has 144 valence electrons. The first-order chi connectivity index (χ1) is 13.0. The van der Waals surface area contributed by atoms with Gasteiger partial charge in [0.1, 0.15) is 6.10 Å². The number of methoxy groups -OCH3 is 2. The smallest absolute Gasteiger partial charge is 0.318 e. The number of carbonyl (C=O) groups is 1. The van der Waals surface area contributed by atoms with E-state index in [0.717, 1.165) is 5.56 Å². The van der Waals surface area contributed by atoms with E-state index >= 15 is 0 Å². The summed E-state index contributed by atoms with van der Waals surface area (Å²) in [5.41, 5.74) is 0.903. The van der Waals surface area contributed by atoms with E-state index in [-0.39, 0.29) is 23.9 Å². The quantitative estimate of drug-likeness (QED) is 0.842. The molecule has 2 aromatic rings. The first-order valence-electron chi connectivity index (χ1n) is 8.70. The Hall–Kier alpha value is -2.96. The zero-order valence-electron chi connectivity index (χ0n) is 15.6. The van der Waals surface area contributed by atoms with Gasteiger partial charge in [-0.1, -0.05) is 18.2 Å². The number of carbonyl (C=O) groups excluding carboxylic acids is 1. The fourth-order valence-corrected chi connectivity index (χ4v) is 2.88. The fourth-order valence-electron chi connectivity index (χ4n) is 2.88. The number of halogens is 1. The largest absolute Gasteiger partial charge is 0.493 e. The molecule has 0 unspecified atom stereocenters. The lowest BCUT2D eigenvalue weighted by atomic mass is 10.1. The van der Waals surface area contributed by atoms with Crippen LogP contribution in [0.25, 0.3) is 0 Å². The van der Waals surface area contributed by atoms with Crippen molar-refractivity contribution in [3.05, 3.63) is 53.8 Å². The summed E-state index contributed by atoms with van der Waals surface area (Å²) in [6.45, 7) is 2.73. The van der Waals surface area contributed by atoms with Crippen LogP contribution in [-0.4, -0.2) is 44.3 Å². The highest BCUT2D eigenvalue weighted by Gasteiger charge is 2.33. The average molecular weight is 374 g/mol. The van der Waals surface area contributed by atoms with Crippen molar-refractivity contribution in [2.75, 3.05) is 27.3 Å². The second kappa shape index (κ2) is 8.16. The van der Waals surface area contributed by atoms with Crippen molar-refractivity contribution in [2.24, 2.45) is 0 Å². The highest BCUT2D eigenvalue weighted by Crippen LogP contribution is 2.30. The molecule has 1 heterocycles. The molecule has 0 saturated carbocycles. The van der Waals surface area contributed by atoms with Crippen LogP contribution in [0.1, 0.15) is 18.5 Å². The van der Waals surface area contributed by atoms with Gasteiger partial charge in [0.05, 0.1) is 33.4 Å². The first-order valence-corrected chi connectivity index (χ1v) is 8.70. The summed E-state index contributed by atoms with van der Waals surface area (Å²) in [5, 5.41) is 2.94. The van der Waals surface area contributed by atoms with Crippen LogP contribution in [0.15, 0.2) is 42.5 Å². The summed E-state index contributed by atoms with van der Waals surface area (Å²) < 4.78 is 29.7. The number of para-hydroxylation sites is 1. The van der Waals surface area contributed by atoms with E-state index in [9.17, 15) is 9.18 Å². The average Bonchev–Trinajstić information content (AvgIpc) is 2.64. The summed E-state index contributed by atoms with van der Waals surface area (Å²) >= 11 is 0. The zero-order chi connectivity index (χ0) is 19.4. The predicted molar refractivity (Wildman–Crippen MR) is 98.9 cm³/mol. The molecule has 2 aromatic carbocycles. The number of benzene rings is 2. The molecule has 1 aliphatic rings. The SMILES string of the molecule is COc1ccc([C@@H](C)NC(=O)N2CC(Oc3ccccc3F)C2)cc1OC. The number of hydrogen-bond donors (Lipinski definition) is 1. The van der Waals surface area contributed by atoms with Crippen molar-refractivity contribution in [1.29, 1.82) is 0 Å². The lowest BCUT2D eigenvalue weighted by Gasteiger charge is -2.39. The third-order valence-electron chi connectivity index (χ3n) is 4.51. The van der Waals surface area contributed by atoms with E-state index in [1.165, 1.54) is 6.07 Å². The second-order valence-corrected chi connectivity index (χ2v) is 6.36. The number of ether oxygens (including phenoxy) is 3. The topological polar surface area (TPSA) is 60.0 Å². The highest BCUT2D eigenvalue weighted by molar-refractivity contribution is 5.75. The van der Waals surface area contributed by atoms with E-state index in [1.807, 2.05) is 19.1 Å². The number of amides is 2. The Morgan fingerprint density at radius 1 is 1.11 bits per heavy atom. The Morgan fingerprint density at radius 3 is 2.48 bits per heavy atom. The molecule has 1 atom stereocenters. The Balaban J connectivity index is 1.52. The molecule has 2 amide bonds. The molecule has 0 bridgehead atoms. The fraction of sp³-hybridized carbons (Fsp3) is 0.350. The highest BCUT2D eigenvalue weighted by atomic mass is 19.1. The van der Waals surface area contributed by atoms with Gasteiger partial charge in [-0.15, -0.1) is 0 Å². The number of rotatable bonds is 6. The molecule has 0 aliphatic carbocycles. The second-order valence-electron chi connectivity index (χ2n) is 6.36. The van der Waals surface area contributed by atoms with E-state index in [4.69, 9.17) is 14.2 Å². The third kappa shape index (κ3) is 4.24. The molecule has 1 aliphatic heterocycles. The third-order valence-corrected chi connectivity index (χ3v) is 4.51. The van der Waals surface area contributed by atoms with Crippen LogP contribution in [0.2, 0.25) is 0 Å². The maximum absolute atomic E-state index is 13.6. The minimum atomic E-state index is -0.400. The monoisotopic (exact) mass is 374 g/mol. The molecule has 0 aromatic heterocycles. The van der Waals surface area contributed by atoms with Crippen molar-refractivity contribution in [1.82, 2.24) is 10.2 Å². The van der Waals surface area contributed by atoms with E-state index in [0.29, 0.717) is 24.6 Å². The van der Waals surface area contributed by atoms with Gasteiger partial charge in [-0.05, 0) is 36.8 Å². The van der Waals surface area contributed by atoms with Gasteiger partial charge >= 0.3 is 6.03 Å². The summed E-state index contributed by atoms with van der Waals surface area (Å²) in [5.74, 6) is 1.05. The van der Waals surface area contributed by atoms with E-state index in [2.05, 4.69) is 5.32 Å². The Labute approximate surface area is 157 Å². The number of hydrogen-bond acceptors (Lipinski definition) is 4. The van der Waals surface area contributed by atoms with Gasteiger partial charge in [0.2, 0.25) is 0 Å². The standard InChI is InChI=1S/C20H23FN2O4/c1-13(14-8-9-18(25-2)19(10-14)26-3)22-20(24)23-11-15(12-23)27-17-7-5-4-6-16(17)21/h4-10,13,15H,11-12H2,1-3H3,(H,22,24)/t13-/m1/s1. The van der Waals surface area contributed by atoms with Crippen LogP contribution in [0.4, 0.5) is 9.18 Å². The van der Waals surface area contributed by atoms with Crippen molar-refractivity contribution < 1.29 is 23.4 Å². The van der Waals surface area contributed by atoms with Gasteiger partial charge < -0.3 is 24.4 Å². The molecule has 1 N–H and O–H groups in total. The number of urea groups is 1. The Kier molecular flexibility index (Phi) is 5.69. The molecule has 0 spiro atoms. The molecule has 1 saturated heterocycles. The summed E-state index contributed by atoms with van der Waals surface area (Å²) in [4.78, 5) is 14.0. The van der Waals surface area contributed by atoms with Gasteiger partial charge in [-0.2, -0.15) is 0 Å². The van der Waals surface area contributed by atoms with Crippen molar-refractivity contribution >= 4 is 6.03 Å². The molecule has 0 radical (unpaired) electrons. The molecule has 3 rings (SSSR count). The van der Waals surface area contributed by atoms with Crippen LogP contribution in [0, 0.1) is 5.82 Å². The lowest BCUT2D eigenvalue weighted by Crippen LogP contribution is -2.59. The predicted octanol–water partition coefficient (Wildman–Crippen LogP) is 3.38. The minimum Gasteiger partial charge on any atom is -0.493 e. The first kappa shape index (κ1) is 18.8. The maximum atomic E-state index is 13.6. The van der Waals surface area contributed by atoms with Gasteiger partial charge in [0.15, 0.2) is 23.1 Å². The maximum Gasteiger partial charge on any atom is 0.318 e. The summed E-state index contributed by atoms with van der Waals surface area (Å²) in [6, 6.07) is 11.4. The van der Waals surface area contributed by atoms with Gasteiger partial charge in [0.25, 0.3) is 0 Å². The van der Waals surface area contributed by atoms with Crippen LogP contribution in [0.3, 0.4) is 0 Å². The summed E-state index contributed by atoms with van der Waals surface area (Å²) in [7, 11) is 3.15. The molecule has 27 heavy (non-hydrogen) atoms. The van der Waals surface area contributed by atoms with Gasteiger partial charge in [-0.3, -0.25) is 0 Å². The molecule has 1 fully saturated rings. The summed E-state index contributed by atoms with van der Waals surface area (Å²) in [6.07, 6.45) is -0.205. The number of likely N-dealkylation sites (tertiary alicyclic amines) is 1. The number of nitrogens with zero attached hydrogens (tertiary/aromatic N) is 1. The van der Waals surface area contributed by atoms with Crippen LogP contribution in [-0.2, 0) is 0 Å². The van der Waals surface area contributed by atoms with Crippen LogP contribution >= 0.6 is 0 Å². The Bertz CT molecular complexity index is 808. The Morgan fingerprint density at radius 2 is 1.81 bits per heavy atom. The minimum absolute atomic E-state index is 0.189. The normalized spacial score (nSPS) is 14.9. The van der Waals surface area contributed by atoms with Crippen LogP contribution < -0.4 is 19.5 Å². The van der Waals surface area contributed by atoms with Crippen molar-refractivity contribution in [3.8, 4) is 17.2 Å². The van der Waals surface area contributed by atoms with Crippen molar-refractivity contribution in [3.63, 3.8) is 0 Å². The van der Waals surface area contributed by atoms with Gasteiger partial charge in [0, 0.05) is 0 Å². The number of nitrogens with one attached hydrogen (secondary N) is 1. The van der Waals surface area contributed by atoms with Crippen LogP contribution in [0.5, 0.6) is 17.2 Å². The molecule has 6 nitrogen and oxygen atoms in total. The van der Waals surface area contributed by atoms with E-state index in [1.54, 1.807) is 43.4 Å². The molecular formula is C20H23FN2O4. The van der Waals surface area contributed by atoms with E-state index < -0.39 is 5.82 Å². The molecule has 7 heteroatoms. The van der Waals surface area contributed by atoms with Crippen molar-refractivity contribution in [2.45, 2.75) is 19.1 Å².